The Morgan fingerprint density at radius 1 is 1.30 bits per heavy atom. The van der Waals surface area contributed by atoms with Gasteiger partial charge in [-0.25, -0.2) is 9.59 Å². The van der Waals surface area contributed by atoms with Crippen molar-refractivity contribution in [1.29, 1.82) is 0 Å². The smallest absolute Gasteiger partial charge is 0.348 e. The summed E-state index contributed by atoms with van der Waals surface area (Å²) in [6, 6.07) is 1.46. The maximum Gasteiger partial charge on any atom is 0.348 e. The van der Waals surface area contributed by atoms with Crippen molar-refractivity contribution in [2.75, 3.05) is 6.61 Å². The first kappa shape index (κ1) is 17.5. The third-order valence-corrected chi connectivity index (χ3v) is 4.67. The van der Waals surface area contributed by atoms with E-state index >= 15 is 0 Å². The molecule has 3 amide bonds. The van der Waals surface area contributed by atoms with Gasteiger partial charge in [-0.3, -0.25) is 10.1 Å². The summed E-state index contributed by atoms with van der Waals surface area (Å²) in [5, 5.41) is 4.77. The average molecular weight is 338 g/mol. The van der Waals surface area contributed by atoms with Crippen LogP contribution in [0.4, 0.5) is 4.79 Å². The van der Waals surface area contributed by atoms with E-state index in [1.54, 1.807) is 0 Å². The third kappa shape index (κ3) is 5.35. The number of hydrogen-bond donors (Lipinski definition) is 2. The Morgan fingerprint density at radius 2 is 2.04 bits per heavy atom. The molecule has 6 nitrogen and oxygen atoms in total. The molecule has 0 atom stereocenters. The number of carbonyl (C=O) groups is 3. The van der Waals surface area contributed by atoms with Crippen LogP contribution in [-0.2, 0) is 22.4 Å². The average Bonchev–Trinajstić information content (AvgIpc) is 3.22. The molecule has 7 heteroatoms. The zero-order valence-corrected chi connectivity index (χ0v) is 14.3. The summed E-state index contributed by atoms with van der Waals surface area (Å²) in [5.74, 6) is -1.15. The number of rotatable bonds is 7. The second kappa shape index (κ2) is 8.10. The third-order valence-electron chi connectivity index (χ3n) is 3.46. The number of hydrogen-bond acceptors (Lipinski definition) is 5. The summed E-state index contributed by atoms with van der Waals surface area (Å²) in [6.07, 6.45) is 4.69. The van der Waals surface area contributed by atoms with E-state index in [-0.39, 0.29) is 6.04 Å². The molecule has 0 spiro atoms. The summed E-state index contributed by atoms with van der Waals surface area (Å²) in [6.45, 7) is 3.68. The van der Waals surface area contributed by atoms with Crippen molar-refractivity contribution >= 4 is 29.2 Å². The Hall–Kier alpha value is -1.89. The maximum atomic E-state index is 12.0. The van der Waals surface area contributed by atoms with Gasteiger partial charge in [0.15, 0.2) is 6.61 Å². The second-order valence-corrected chi connectivity index (χ2v) is 6.67. The number of ether oxygens (including phenoxy) is 1. The summed E-state index contributed by atoms with van der Waals surface area (Å²) in [5.41, 5.74) is 1.15. The second-order valence-electron chi connectivity index (χ2n) is 5.53. The van der Waals surface area contributed by atoms with E-state index in [9.17, 15) is 14.4 Å². The molecule has 0 bridgehead atoms. The minimum atomic E-state index is -0.627. The molecule has 1 aromatic rings. The van der Waals surface area contributed by atoms with E-state index in [0.717, 1.165) is 37.7 Å². The number of thiophene rings is 1. The molecule has 1 aliphatic carbocycles. The highest BCUT2D eigenvalue weighted by molar-refractivity contribution is 7.14. The molecule has 2 rings (SSSR count). The lowest BCUT2D eigenvalue weighted by atomic mass is 10.1. The molecule has 2 N–H and O–H groups in total. The van der Waals surface area contributed by atoms with Crippen LogP contribution in [0.2, 0.25) is 0 Å². The highest BCUT2D eigenvalue weighted by Gasteiger charge is 2.24. The molecule has 0 saturated heterocycles. The summed E-state index contributed by atoms with van der Waals surface area (Å²) in [7, 11) is 0. The summed E-state index contributed by atoms with van der Waals surface area (Å²) < 4.78 is 4.98. The summed E-state index contributed by atoms with van der Waals surface area (Å²) in [4.78, 5) is 36.7. The number of imide groups is 1. The lowest BCUT2D eigenvalue weighted by molar-refractivity contribution is -0.123. The minimum absolute atomic E-state index is 0.168. The van der Waals surface area contributed by atoms with Gasteiger partial charge >= 0.3 is 12.0 Å². The fourth-order valence-electron chi connectivity index (χ4n) is 2.12. The molecule has 0 aliphatic heterocycles. The van der Waals surface area contributed by atoms with Crippen molar-refractivity contribution in [2.24, 2.45) is 0 Å². The van der Waals surface area contributed by atoms with E-state index in [4.69, 9.17) is 4.74 Å². The van der Waals surface area contributed by atoms with Gasteiger partial charge in [0.05, 0.1) is 0 Å². The maximum absolute atomic E-state index is 12.0. The largest absolute Gasteiger partial charge is 0.451 e. The van der Waals surface area contributed by atoms with Gasteiger partial charge in [-0.15, -0.1) is 11.3 Å². The lowest BCUT2D eigenvalue weighted by Crippen LogP contribution is -2.42. The van der Waals surface area contributed by atoms with Crippen LogP contribution in [0.3, 0.4) is 0 Å². The van der Waals surface area contributed by atoms with Crippen molar-refractivity contribution in [2.45, 2.75) is 52.0 Å². The molecule has 1 fully saturated rings. The quantitative estimate of drug-likeness (QED) is 0.748. The zero-order chi connectivity index (χ0) is 16.8. The van der Waals surface area contributed by atoms with Gasteiger partial charge < -0.3 is 10.1 Å². The molecule has 126 valence electrons. The van der Waals surface area contributed by atoms with Crippen LogP contribution in [-0.4, -0.2) is 30.6 Å². The van der Waals surface area contributed by atoms with E-state index in [1.807, 2.05) is 13.0 Å². The standard InChI is InChI=1S/C16H22N2O4S/c1-3-5-12-10(4-2)8-13(23-12)15(20)22-9-14(19)18-16(21)17-11-6-7-11/h8,11H,3-7,9H2,1-2H3,(H2,17,18,19,21). The van der Waals surface area contributed by atoms with Gasteiger partial charge in [-0.2, -0.15) is 0 Å². The predicted octanol–water partition coefficient (Wildman–Crippen LogP) is 2.41. The topological polar surface area (TPSA) is 84.5 Å². The normalized spacial score (nSPS) is 13.5. The Morgan fingerprint density at radius 3 is 2.65 bits per heavy atom. The van der Waals surface area contributed by atoms with Gasteiger partial charge in [0, 0.05) is 10.9 Å². The molecule has 1 saturated carbocycles. The van der Waals surface area contributed by atoms with Gasteiger partial charge in [0.1, 0.15) is 4.88 Å². The van der Waals surface area contributed by atoms with Gasteiger partial charge in [-0.1, -0.05) is 20.3 Å². The SMILES string of the molecule is CCCc1sc(C(=O)OCC(=O)NC(=O)NC2CC2)cc1CC. The van der Waals surface area contributed by atoms with Crippen molar-refractivity contribution in [3.05, 3.63) is 21.4 Å². The Labute approximate surface area is 139 Å². The Kier molecular flexibility index (Phi) is 6.15. The Balaban J connectivity index is 1.81. The molecule has 0 aromatic carbocycles. The minimum Gasteiger partial charge on any atom is -0.451 e. The first-order valence-electron chi connectivity index (χ1n) is 7.92. The monoisotopic (exact) mass is 338 g/mol. The fraction of sp³-hybridized carbons (Fsp3) is 0.562. The number of urea groups is 1. The molecular formula is C16H22N2O4S. The highest BCUT2D eigenvalue weighted by Crippen LogP contribution is 2.25. The van der Waals surface area contributed by atoms with E-state index in [2.05, 4.69) is 17.6 Å². The van der Waals surface area contributed by atoms with Crippen molar-refractivity contribution in [3.63, 3.8) is 0 Å². The molecule has 1 aromatic heterocycles. The first-order valence-corrected chi connectivity index (χ1v) is 8.74. The van der Waals surface area contributed by atoms with Crippen molar-refractivity contribution in [1.82, 2.24) is 10.6 Å². The number of amides is 3. The van der Waals surface area contributed by atoms with E-state index < -0.39 is 24.5 Å². The van der Waals surface area contributed by atoms with Crippen LogP contribution < -0.4 is 10.6 Å². The number of nitrogens with one attached hydrogen (secondary N) is 2. The number of carbonyl (C=O) groups excluding carboxylic acids is 3. The van der Waals surface area contributed by atoms with Crippen LogP contribution >= 0.6 is 11.3 Å². The van der Waals surface area contributed by atoms with E-state index in [1.165, 1.54) is 16.2 Å². The molecule has 0 radical (unpaired) electrons. The van der Waals surface area contributed by atoms with Gasteiger partial charge in [0.2, 0.25) is 0 Å². The van der Waals surface area contributed by atoms with Gasteiger partial charge in [-0.05, 0) is 37.3 Å². The van der Waals surface area contributed by atoms with Crippen LogP contribution in [0.25, 0.3) is 0 Å². The fourth-order valence-corrected chi connectivity index (χ4v) is 3.37. The first-order chi connectivity index (χ1) is 11.0. The van der Waals surface area contributed by atoms with Crippen LogP contribution in [0.1, 0.15) is 53.2 Å². The molecule has 1 aliphatic rings. The number of esters is 1. The lowest BCUT2D eigenvalue weighted by Gasteiger charge is -2.05. The Bertz CT molecular complexity index is 593. The molecule has 1 heterocycles. The van der Waals surface area contributed by atoms with Crippen LogP contribution in [0, 0.1) is 0 Å². The van der Waals surface area contributed by atoms with E-state index in [0.29, 0.717) is 4.88 Å². The number of aryl methyl sites for hydroxylation is 2. The predicted molar refractivity (Wildman–Crippen MR) is 87.7 cm³/mol. The van der Waals surface area contributed by atoms with Crippen LogP contribution in [0.15, 0.2) is 6.07 Å². The highest BCUT2D eigenvalue weighted by atomic mass is 32.1. The van der Waals surface area contributed by atoms with Crippen molar-refractivity contribution in [3.8, 4) is 0 Å². The van der Waals surface area contributed by atoms with Gasteiger partial charge in [0.25, 0.3) is 5.91 Å². The summed E-state index contributed by atoms with van der Waals surface area (Å²) >= 11 is 1.41. The van der Waals surface area contributed by atoms with Crippen LogP contribution in [0.5, 0.6) is 0 Å². The van der Waals surface area contributed by atoms with Crippen molar-refractivity contribution < 1.29 is 19.1 Å². The molecule has 0 unspecified atom stereocenters. The molecular weight excluding hydrogens is 316 g/mol. The molecule has 23 heavy (non-hydrogen) atoms. The zero-order valence-electron chi connectivity index (χ0n) is 13.4.